The molecule has 0 bridgehead atoms. The predicted octanol–water partition coefficient (Wildman–Crippen LogP) is 2.56. The van der Waals surface area contributed by atoms with Crippen molar-refractivity contribution in [3.05, 3.63) is 35.6 Å². The highest BCUT2D eigenvalue weighted by Gasteiger charge is 2.20. The first kappa shape index (κ1) is 11.5. The van der Waals surface area contributed by atoms with E-state index in [2.05, 4.69) is 4.98 Å². The first-order valence-electron chi connectivity index (χ1n) is 6.23. The zero-order valence-corrected chi connectivity index (χ0v) is 10.9. The standard InChI is InChI=1S/C13H15N3OS/c17-12(15-6-2-1-3-7-15)11-10-18-13(14-11)16-8-4-5-9-16/h4-5,8-10H,1-3,6-7H2. The number of hydrogen-bond donors (Lipinski definition) is 0. The van der Waals surface area contributed by atoms with Crippen molar-refractivity contribution in [3.8, 4) is 5.13 Å². The van der Waals surface area contributed by atoms with E-state index in [1.54, 1.807) is 0 Å². The minimum atomic E-state index is 0.0735. The van der Waals surface area contributed by atoms with Crippen LogP contribution in [0.15, 0.2) is 29.9 Å². The summed E-state index contributed by atoms with van der Waals surface area (Å²) in [6.07, 6.45) is 7.33. The highest BCUT2D eigenvalue weighted by atomic mass is 32.1. The molecule has 2 aromatic rings. The summed E-state index contributed by atoms with van der Waals surface area (Å²) in [6, 6.07) is 3.90. The van der Waals surface area contributed by atoms with Crippen molar-refractivity contribution in [1.29, 1.82) is 0 Å². The Morgan fingerprint density at radius 1 is 1.17 bits per heavy atom. The van der Waals surface area contributed by atoms with Crippen LogP contribution in [0.2, 0.25) is 0 Å². The van der Waals surface area contributed by atoms with Gasteiger partial charge in [-0.1, -0.05) is 0 Å². The molecule has 1 fully saturated rings. The smallest absolute Gasteiger partial charge is 0.273 e. The molecule has 1 aliphatic heterocycles. The van der Waals surface area contributed by atoms with Crippen molar-refractivity contribution in [2.45, 2.75) is 19.3 Å². The van der Waals surface area contributed by atoms with Crippen LogP contribution in [0.4, 0.5) is 0 Å². The third-order valence-electron chi connectivity index (χ3n) is 3.18. The van der Waals surface area contributed by atoms with E-state index in [0.29, 0.717) is 5.69 Å². The highest BCUT2D eigenvalue weighted by molar-refractivity contribution is 7.12. The molecule has 0 aliphatic carbocycles. The molecule has 0 unspecified atom stereocenters. The molecule has 0 N–H and O–H groups in total. The van der Waals surface area contributed by atoms with Gasteiger partial charge in [-0.3, -0.25) is 4.79 Å². The summed E-state index contributed by atoms with van der Waals surface area (Å²) in [6.45, 7) is 1.74. The molecule has 0 spiro atoms. The van der Waals surface area contributed by atoms with Crippen LogP contribution in [-0.4, -0.2) is 33.4 Å². The number of amides is 1. The van der Waals surface area contributed by atoms with Gasteiger partial charge in [-0.25, -0.2) is 4.98 Å². The van der Waals surface area contributed by atoms with Crippen molar-refractivity contribution in [2.75, 3.05) is 13.1 Å². The van der Waals surface area contributed by atoms with Crippen LogP contribution in [0.25, 0.3) is 5.13 Å². The van der Waals surface area contributed by atoms with E-state index in [9.17, 15) is 4.79 Å². The third kappa shape index (κ3) is 2.18. The summed E-state index contributed by atoms with van der Waals surface area (Å²) >= 11 is 1.50. The van der Waals surface area contributed by atoms with E-state index in [1.807, 2.05) is 39.4 Å². The molecule has 4 nitrogen and oxygen atoms in total. The second kappa shape index (κ2) is 4.94. The summed E-state index contributed by atoms with van der Waals surface area (Å²) in [4.78, 5) is 18.6. The fourth-order valence-electron chi connectivity index (χ4n) is 2.20. The van der Waals surface area contributed by atoms with Crippen LogP contribution in [-0.2, 0) is 0 Å². The summed E-state index contributed by atoms with van der Waals surface area (Å²) in [5, 5.41) is 2.70. The molecule has 3 rings (SSSR count). The Bertz CT molecular complexity index is 526. The maximum atomic E-state index is 12.2. The van der Waals surface area contributed by atoms with Gasteiger partial charge in [0.05, 0.1) is 0 Å². The molecule has 0 saturated carbocycles. The minimum Gasteiger partial charge on any atom is -0.337 e. The number of aromatic nitrogens is 2. The monoisotopic (exact) mass is 261 g/mol. The molecule has 0 radical (unpaired) electrons. The number of thiazole rings is 1. The van der Waals surface area contributed by atoms with Crippen molar-refractivity contribution in [3.63, 3.8) is 0 Å². The van der Waals surface area contributed by atoms with Gasteiger partial charge in [0.25, 0.3) is 5.91 Å². The Kier molecular flexibility index (Phi) is 3.15. The van der Waals surface area contributed by atoms with Crippen molar-refractivity contribution in [1.82, 2.24) is 14.5 Å². The maximum Gasteiger partial charge on any atom is 0.273 e. The van der Waals surface area contributed by atoms with Gasteiger partial charge in [0.1, 0.15) is 5.69 Å². The predicted molar refractivity (Wildman–Crippen MR) is 71.2 cm³/mol. The number of carbonyl (C=O) groups is 1. The van der Waals surface area contributed by atoms with Gasteiger partial charge in [0, 0.05) is 30.9 Å². The SMILES string of the molecule is O=C(c1csc(-n2cccc2)n1)N1CCCCC1. The number of rotatable bonds is 2. The minimum absolute atomic E-state index is 0.0735. The Morgan fingerprint density at radius 3 is 2.61 bits per heavy atom. The average molecular weight is 261 g/mol. The van der Waals surface area contributed by atoms with E-state index in [0.717, 1.165) is 31.1 Å². The Morgan fingerprint density at radius 2 is 1.89 bits per heavy atom. The summed E-state index contributed by atoms with van der Waals surface area (Å²) in [5.41, 5.74) is 0.575. The van der Waals surface area contributed by atoms with Gasteiger partial charge in [-0.05, 0) is 31.4 Å². The molecular weight excluding hydrogens is 246 g/mol. The number of nitrogens with zero attached hydrogens (tertiary/aromatic N) is 3. The normalized spacial score (nSPS) is 15.9. The number of carbonyl (C=O) groups excluding carboxylic acids is 1. The van der Waals surface area contributed by atoms with Gasteiger partial charge in [0.15, 0.2) is 5.13 Å². The second-order valence-electron chi connectivity index (χ2n) is 4.46. The maximum absolute atomic E-state index is 12.2. The Hall–Kier alpha value is -1.62. The molecule has 18 heavy (non-hydrogen) atoms. The molecule has 1 saturated heterocycles. The first-order chi connectivity index (χ1) is 8.84. The third-order valence-corrected chi connectivity index (χ3v) is 4.03. The summed E-state index contributed by atoms with van der Waals surface area (Å²) in [7, 11) is 0. The molecule has 0 atom stereocenters. The fourth-order valence-corrected chi connectivity index (χ4v) is 2.97. The van der Waals surface area contributed by atoms with Crippen molar-refractivity contribution in [2.24, 2.45) is 0 Å². The van der Waals surface area contributed by atoms with Crippen molar-refractivity contribution >= 4 is 17.2 Å². The quantitative estimate of drug-likeness (QED) is 0.833. The van der Waals surface area contributed by atoms with Crippen LogP contribution in [0, 0.1) is 0 Å². The molecule has 1 aliphatic rings. The molecule has 1 amide bonds. The average Bonchev–Trinajstić information content (AvgIpc) is 3.09. The van der Waals surface area contributed by atoms with Crippen molar-refractivity contribution < 1.29 is 4.79 Å². The first-order valence-corrected chi connectivity index (χ1v) is 7.11. The summed E-state index contributed by atoms with van der Waals surface area (Å²) in [5.74, 6) is 0.0735. The van der Waals surface area contributed by atoms with Crippen LogP contribution in [0.5, 0.6) is 0 Å². The van der Waals surface area contributed by atoms with Crippen LogP contribution in [0.1, 0.15) is 29.8 Å². The fraction of sp³-hybridized carbons (Fsp3) is 0.385. The van der Waals surface area contributed by atoms with Gasteiger partial charge in [-0.15, -0.1) is 11.3 Å². The zero-order valence-electron chi connectivity index (χ0n) is 10.1. The molecule has 5 heteroatoms. The molecule has 0 aromatic carbocycles. The molecule has 94 valence electrons. The van der Waals surface area contributed by atoms with Gasteiger partial charge in [0.2, 0.25) is 0 Å². The lowest BCUT2D eigenvalue weighted by atomic mass is 10.1. The van der Waals surface area contributed by atoms with Crippen LogP contribution < -0.4 is 0 Å². The van der Waals surface area contributed by atoms with E-state index < -0.39 is 0 Å². The number of piperidine rings is 1. The largest absolute Gasteiger partial charge is 0.337 e. The van der Waals surface area contributed by atoms with Gasteiger partial charge in [-0.2, -0.15) is 0 Å². The molecule has 2 aromatic heterocycles. The number of hydrogen-bond acceptors (Lipinski definition) is 3. The highest BCUT2D eigenvalue weighted by Crippen LogP contribution is 2.18. The molecular formula is C13H15N3OS. The number of likely N-dealkylation sites (tertiary alicyclic amines) is 1. The van der Waals surface area contributed by atoms with E-state index in [1.165, 1.54) is 17.8 Å². The zero-order chi connectivity index (χ0) is 12.4. The van der Waals surface area contributed by atoms with E-state index in [-0.39, 0.29) is 5.91 Å². The topological polar surface area (TPSA) is 38.1 Å². The van der Waals surface area contributed by atoms with Crippen LogP contribution in [0.3, 0.4) is 0 Å². The van der Waals surface area contributed by atoms with Gasteiger partial charge < -0.3 is 9.47 Å². The van der Waals surface area contributed by atoms with Gasteiger partial charge >= 0.3 is 0 Å². The van der Waals surface area contributed by atoms with E-state index in [4.69, 9.17) is 0 Å². The lowest BCUT2D eigenvalue weighted by Crippen LogP contribution is -2.35. The lowest BCUT2D eigenvalue weighted by molar-refractivity contribution is 0.0719. The second-order valence-corrected chi connectivity index (χ2v) is 5.30. The lowest BCUT2D eigenvalue weighted by Gasteiger charge is -2.25. The van der Waals surface area contributed by atoms with E-state index >= 15 is 0 Å². The Labute approximate surface area is 110 Å². The molecule has 3 heterocycles. The van der Waals surface area contributed by atoms with Crippen LogP contribution >= 0.6 is 11.3 Å². The summed E-state index contributed by atoms with van der Waals surface area (Å²) < 4.78 is 1.93. The Balaban J connectivity index is 1.78.